The zero-order valence-corrected chi connectivity index (χ0v) is 15.5. The van der Waals surface area contributed by atoms with Gasteiger partial charge in [-0.15, -0.1) is 0 Å². The van der Waals surface area contributed by atoms with E-state index in [2.05, 4.69) is 10.6 Å². The van der Waals surface area contributed by atoms with Crippen LogP contribution in [-0.2, 0) is 13.0 Å². The summed E-state index contributed by atoms with van der Waals surface area (Å²) in [4.78, 5) is 25.0. The topological polar surface area (TPSA) is 58.2 Å². The molecule has 5 heteroatoms. The highest BCUT2D eigenvalue weighted by atomic mass is 19.1. The molecule has 0 aliphatic rings. The van der Waals surface area contributed by atoms with Crippen LogP contribution in [0.2, 0.25) is 0 Å². The van der Waals surface area contributed by atoms with Crippen LogP contribution in [0.25, 0.3) is 0 Å². The summed E-state index contributed by atoms with van der Waals surface area (Å²) in [5, 5.41) is 5.68. The molecule has 0 aromatic heterocycles. The van der Waals surface area contributed by atoms with Gasteiger partial charge in [-0.25, -0.2) is 4.39 Å². The Morgan fingerprint density at radius 1 is 0.857 bits per heavy atom. The maximum Gasteiger partial charge on any atom is 0.255 e. The van der Waals surface area contributed by atoms with Gasteiger partial charge in [0.1, 0.15) is 5.82 Å². The summed E-state index contributed by atoms with van der Waals surface area (Å²) in [6.07, 6.45) is 0.808. The van der Waals surface area contributed by atoms with Gasteiger partial charge in [-0.1, -0.05) is 43.3 Å². The summed E-state index contributed by atoms with van der Waals surface area (Å²) >= 11 is 0. The predicted molar refractivity (Wildman–Crippen MR) is 108 cm³/mol. The van der Waals surface area contributed by atoms with Crippen LogP contribution in [0.5, 0.6) is 0 Å². The van der Waals surface area contributed by atoms with E-state index in [0.29, 0.717) is 11.1 Å². The van der Waals surface area contributed by atoms with E-state index in [1.807, 2.05) is 31.2 Å². The molecule has 28 heavy (non-hydrogen) atoms. The smallest absolute Gasteiger partial charge is 0.255 e. The molecule has 0 spiro atoms. The molecule has 0 fully saturated rings. The van der Waals surface area contributed by atoms with Crippen molar-refractivity contribution < 1.29 is 14.0 Å². The Morgan fingerprint density at radius 3 is 2.25 bits per heavy atom. The van der Waals surface area contributed by atoms with Crippen LogP contribution < -0.4 is 10.6 Å². The van der Waals surface area contributed by atoms with Crippen molar-refractivity contribution in [1.29, 1.82) is 0 Å². The molecule has 0 radical (unpaired) electrons. The number of amides is 2. The van der Waals surface area contributed by atoms with Crippen LogP contribution in [0.3, 0.4) is 0 Å². The van der Waals surface area contributed by atoms with Gasteiger partial charge in [0, 0.05) is 23.4 Å². The summed E-state index contributed by atoms with van der Waals surface area (Å²) in [5.74, 6) is -0.888. The molecule has 2 amide bonds. The fourth-order valence-corrected chi connectivity index (χ4v) is 2.83. The average molecular weight is 376 g/mol. The number of benzene rings is 3. The second-order valence-electron chi connectivity index (χ2n) is 6.35. The van der Waals surface area contributed by atoms with Crippen molar-refractivity contribution in [2.45, 2.75) is 19.9 Å². The van der Waals surface area contributed by atoms with E-state index in [4.69, 9.17) is 0 Å². The van der Waals surface area contributed by atoms with Gasteiger partial charge in [-0.05, 0) is 53.9 Å². The number of halogens is 1. The van der Waals surface area contributed by atoms with Crippen LogP contribution in [0.15, 0.2) is 72.8 Å². The number of carbonyl (C=O) groups excluding carboxylic acids is 2. The summed E-state index contributed by atoms with van der Waals surface area (Å²) in [6, 6.07) is 20.1. The molecular weight excluding hydrogens is 355 g/mol. The van der Waals surface area contributed by atoms with E-state index in [9.17, 15) is 14.0 Å². The minimum absolute atomic E-state index is 0.269. The molecule has 0 bridgehead atoms. The van der Waals surface area contributed by atoms with Gasteiger partial charge in [-0.2, -0.15) is 0 Å². The largest absolute Gasteiger partial charge is 0.348 e. The fourth-order valence-electron chi connectivity index (χ4n) is 2.83. The number of hydrogen-bond donors (Lipinski definition) is 2. The Labute approximate surface area is 163 Å². The number of hydrogen-bond acceptors (Lipinski definition) is 2. The lowest BCUT2D eigenvalue weighted by molar-refractivity contribution is 0.0951. The van der Waals surface area contributed by atoms with Crippen molar-refractivity contribution in [2.24, 2.45) is 0 Å². The van der Waals surface area contributed by atoms with Crippen LogP contribution >= 0.6 is 0 Å². The van der Waals surface area contributed by atoms with Crippen molar-refractivity contribution in [3.05, 3.63) is 101 Å². The van der Waals surface area contributed by atoms with Crippen molar-refractivity contribution in [1.82, 2.24) is 5.32 Å². The monoisotopic (exact) mass is 376 g/mol. The van der Waals surface area contributed by atoms with E-state index in [0.717, 1.165) is 23.2 Å². The SMILES string of the molecule is CCc1ccccc1NC(=O)c1cccc(C(=O)NCc2ccc(F)cc2)c1. The number of anilines is 1. The van der Waals surface area contributed by atoms with Gasteiger partial charge < -0.3 is 10.6 Å². The van der Waals surface area contributed by atoms with Gasteiger partial charge in [0.25, 0.3) is 11.8 Å². The second kappa shape index (κ2) is 8.95. The predicted octanol–water partition coefficient (Wildman–Crippen LogP) is 4.57. The van der Waals surface area contributed by atoms with Crippen LogP contribution in [0, 0.1) is 5.82 Å². The standard InChI is InChI=1S/C23H21FN2O2/c1-2-17-6-3-4-9-21(17)26-23(28)19-8-5-7-18(14-19)22(27)25-15-16-10-12-20(24)13-11-16/h3-14H,2,15H2,1H3,(H,25,27)(H,26,28). The first-order valence-corrected chi connectivity index (χ1v) is 9.09. The summed E-state index contributed by atoms with van der Waals surface area (Å²) in [7, 11) is 0. The van der Waals surface area contributed by atoms with E-state index in [-0.39, 0.29) is 24.2 Å². The Hall–Kier alpha value is -3.47. The lowest BCUT2D eigenvalue weighted by Gasteiger charge is -2.11. The molecule has 0 saturated heterocycles. The fraction of sp³-hybridized carbons (Fsp3) is 0.130. The molecule has 4 nitrogen and oxygen atoms in total. The molecule has 2 N–H and O–H groups in total. The van der Waals surface area contributed by atoms with E-state index in [1.54, 1.807) is 36.4 Å². The zero-order chi connectivity index (χ0) is 19.9. The summed E-state index contributed by atoms with van der Waals surface area (Å²) in [6.45, 7) is 2.30. The van der Waals surface area contributed by atoms with Gasteiger partial charge >= 0.3 is 0 Å². The molecule has 0 aliphatic heterocycles. The first-order chi connectivity index (χ1) is 13.6. The van der Waals surface area contributed by atoms with E-state index >= 15 is 0 Å². The molecule has 3 aromatic rings. The van der Waals surface area contributed by atoms with Gasteiger partial charge in [0.05, 0.1) is 0 Å². The second-order valence-corrected chi connectivity index (χ2v) is 6.35. The Kier molecular flexibility index (Phi) is 6.17. The van der Waals surface area contributed by atoms with E-state index < -0.39 is 0 Å². The van der Waals surface area contributed by atoms with Crippen LogP contribution in [0.1, 0.15) is 38.8 Å². The molecule has 0 unspecified atom stereocenters. The van der Waals surface area contributed by atoms with Crippen LogP contribution in [-0.4, -0.2) is 11.8 Å². The number of aryl methyl sites for hydroxylation is 1. The third-order valence-corrected chi connectivity index (χ3v) is 4.40. The summed E-state index contributed by atoms with van der Waals surface area (Å²) in [5.41, 5.74) is 3.39. The third-order valence-electron chi connectivity index (χ3n) is 4.40. The van der Waals surface area contributed by atoms with Crippen molar-refractivity contribution >= 4 is 17.5 Å². The average Bonchev–Trinajstić information content (AvgIpc) is 2.73. The maximum absolute atomic E-state index is 12.9. The highest BCUT2D eigenvalue weighted by molar-refractivity contribution is 6.06. The number of rotatable bonds is 6. The van der Waals surface area contributed by atoms with Crippen molar-refractivity contribution in [3.63, 3.8) is 0 Å². The Bertz CT molecular complexity index is 984. The summed E-state index contributed by atoms with van der Waals surface area (Å²) < 4.78 is 12.9. The Morgan fingerprint density at radius 2 is 1.54 bits per heavy atom. The highest BCUT2D eigenvalue weighted by Crippen LogP contribution is 2.17. The molecule has 0 atom stereocenters. The van der Waals surface area contributed by atoms with Gasteiger partial charge in [0.2, 0.25) is 0 Å². The molecule has 0 saturated carbocycles. The molecule has 3 rings (SSSR count). The minimum Gasteiger partial charge on any atom is -0.348 e. The molecule has 3 aromatic carbocycles. The lowest BCUT2D eigenvalue weighted by atomic mass is 10.1. The quantitative estimate of drug-likeness (QED) is 0.662. The molecule has 0 aliphatic carbocycles. The zero-order valence-electron chi connectivity index (χ0n) is 15.5. The van der Waals surface area contributed by atoms with Crippen LogP contribution in [0.4, 0.5) is 10.1 Å². The first kappa shape index (κ1) is 19.3. The number of para-hydroxylation sites is 1. The third kappa shape index (κ3) is 4.82. The highest BCUT2D eigenvalue weighted by Gasteiger charge is 2.12. The molecule has 142 valence electrons. The number of nitrogens with one attached hydrogen (secondary N) is 2. The van der Waals surface area contributed by atoms with Gasteiger partial charge in [0.15, 0.2) is 0 Å². The molecular formula is C23H21FN2O2. The Balaban J connectivity index is 1.68. The van der Waals surface area contributed by atoms with Crippen molar-refractivity contribution in [2.75, 3.05) is 5.32 Å². The minimum atomic E-state index is -0.321. The maximum atomic E-state index is 12.9. The van der Waals surface area contributed by atoms with Crippen molar-refractivity contribution in [3.8, 4) is 0 Å². The normalized spacial score (nSPS) is 10.4. The molecule has 0 heterocycles. The lowest BCUT2D eigenvalue weighted by Crippen LogP contribution is -2.23. The number of carbonyl (C=O) groups is 2. The van der Waals surface area contributed by atoms with E-state index in [1.165, 1.54) is 12.1 Å². The van der Waals surface area contributed by atoms with Gasteiger partial charge in [-0.3, -0.25) is 9.59 Å². The first-order valence-electron chi connectivity index (χ1n) is 9.09.